The maximum absolute atomic E-state index is 8.86. The number of pyridine rings is 1. The zero-order chi connectivity index (χ0) is 9.52. The molecule has 0 unspecified atom stereocenters. The van der Waals surface area contributed by atoms with Crippen molar-refractivity contribution in [1.29, 1.82) is 0 Å². The summed E-state index contributed by atoms with van der Waals surface area (Å²) in [5, 5.41) is 9.83. The van der Waals surface area contributed by atoms with Gasteiger partial charge in [0.25, 0.3) is 0 Å². The standard InChI is InChI=1S/C10H12BrNO/c11-4-2-1-3-9-5-10(8-13)7-12-6-9/h1,3,5-7,13H,2,4,8H2. The van der Waals surface area contributed by atoms with Crippen LogP contribution in [0.5, 0.6) is 0 Å². The van der Waals surface area contributed by atoms with Crippen LogP contribution in [-0.2, 0) is 6.61 Å². The highest BCUT2D eigenvalue weighted by atomic mass is 79.9. The monoisotopic (exact) mass is 241 g/mol. The van der Waals surface area contributed by atoms with E-state index in [1.165, 1.54) is 0 Å². The Morgan fingerprint density at radius 2 is 2.31 bits per heavy atom. The third-order valence-electron chi connectivity index (χ3n) is 1.58. The Kier molecular flexibility index (Phi) is 4.72. The van der Waals surface area contributed by atoms with Gasteiger partial charge in [-0.1, -0.05) is 28.1 Å². The van der Waals surface area contributed by atoms with Crippen LogP contribution in [0.4, 0.5) is 0 Å². The number of aromatic nitrogens is 1. The van der Waals surface area contributed by atoms with Crippen molar-refractivity contribution in [3.63, 3.8) is 0 Å². The SMILES string of the molecule is OCc1cncc(C=CCCBr)c1. The van der Waals surface area contributed by atoms with Crippen LogP contribution in [0.25, 0.3) is 6.08 Å². The molecule has 0 fully saturated rings. The van der Waals surface area contributed by atoms with E-state index in [4.69, 9.17) is 5.11 Å². The molecule has 1 N–H and O–H groups in total. The van der Waals surface area contributed by atoms with Crippen molar-refractivity contribution in [3.05, 3.63) is 35.7 Å². The lowest BCUT2D eigenvalue weighted by Crippen LogP contribution is -1.85. The molecule has 0 saturated carbocycles. The molecule has 0 amide bonds. The van der Waals surface area contributed by atoms with Crippen molar-refractivity contribution >= 4 is 22.0 Å². The van der Waals surface area contributed by atoms with E-state index in [1.807, 2.05) is 12.1 Å². The number of halogens is 1. The van der Waals surface area contributed by atoms with Gasteiger partial charge < -0.3 is 5.11 Å². The number of aliphatic hydroxyl groups is 1. The van der Waals surface area contributed by atoms with Crippen LogP contribution < -0.4 is 0 Å². The van der Waals surface area contributed by atoms with Gasteiger partial charge in [-0.15, -0.1) is 0 Å². The van der Waals surface area contributed by atoms with Crippen LogP contribution >= 0.6 is 15.9 Å². The summed E-state index contributed by atoms with van der Waals surface area (Å²) in [5.41, 5.74) is 1.88. The van der Waals surface area contributed by atoms with E-state index >= 15 is 0 Å². The molecule has 1 rings (SSSR count). The quantitative estimate of drug-likeness (QED) is 0.822. The van der Waals surface area contributed by atoms with Crippen molar-refractivity contribution in [2.24, 2.45) is 0 Å². The first-order chi connectivity index (χ1) is 6.36. The van der Waals surface area contributed by atoms with Gasteiger partial charge in [0.1, 0.15) is 0 Å². The fraction of sp³-hybridized carbons (Fsp3) is 0.300. The third-order valence-corrected chi connectivity index (χ3v) is 2.04. The fourth-order valence-electron chi connectivity index (χ4n) is 0.968. The summed E-state index contributed by atoms with van der Waals surface area (Å²) in [6, 6.07) is 1.93. The number of nitrogens with zero attached hydrogens (tertiary/aromatic N) is 1. The molecule has 0 aromatic carbocycles. The zero-order valence-corrected chi connectivity index (χ0v) is 8.87. The fourth-order valence-corrected chi connectivity index (χ4v) is 1.23. The van der Waals surface area contributed by atoms with E-state index in [-0.39, 0.29) is 6.61 Å². The molecule has 0 spiro atoms. The molecule has 0 saturated heterocycles. The van der Waals surface area contributed by atoms with Gasteiger partial charge in [-0.3, -0.25) is 4.98 Å². The van der Waals surface area contributed by atoms with Gasteiger partial charge in [0.05, 0.1) is 6.61 Å². The Morgan fingerprint density at radius 1 is 1.46 bits per heavy atom. The second-order valence-corrected chi connectivity index (χ2v) is 3.46. The largest absolute Gasteiger partial charge is 0.392 e. The summed E-state index contributed by atoms with van der Waals surface area (Å²) in [4.78, 5) is 4.01. The maximum atomic E-state index is 8.86. The topological polar surface area (TPSA) is 33.1 Å². The van der Waals surface area contributed by atoms with Crippen LogP contribution in [0.2, 0.25) is 0 Å². The van der Waals surface area contributed by atoms with Gasteiger partial charge in [-0.2, -0.15) is 0 Å². The van der Waals surface area contributed by atoms with Gasteiger partial charge in [-0.05, 0) is 23.6 Å². The predicted molar refractivity (Wildman–Crippen MR) is 57.6 cm³/mol. The van der Waals surface area contributed by atoms with E-state index in [9.17, 15) is 0 Å². The summed E-state index contributed by atoms with van der Waals surface area (Å²) in [7, 11) is 0. The molecule has 0 radical (unpaired) electrons. The van der Waals surface area contributed by atoms with Crippen LogP contribution in [0.1, 0.15) is 17.5 Å². The lowest BCUT2D eigenvalue weighted by molar-refractivity contribution is 0.281. The molecule has 0 aliphatic rings. The van der Waals surface area contributed by atoms with Crippen molar-refractivity contribution in [3.8, 4) is 0 Å². The van der Waals surface area contributed by atoms with Crippen molar-refractivity contribution in [2.45, 2.75) is 13.0 Å². The maximum Gasteiger partial charge on any atom is 0.0697 e. The van der Waals surface area contributed by atoms with Gasteiger partial charge in [0.2, 0.25) is 0 Å². The van der Waals surface area contributed by atoms with Crippen molar-refractivity contribution in [2.75, 3.05) is 5.33 Å². The van der Waals surface area contributed by atoms with Crippen LogP contribution in [0, 0.1) is 0 Å². The number of aliphatic hydroxyl groups excluding tert-OH is 1. The highest BCUT2D eigenvalue weighted by molar-refractivity contribution is 9.09. The Hall–Kier alpha value is -0.670. The summed E-state index contributed by atoms with van der Waals surface area (Å²) in [6.07, 6.45) is 8.54. The summed E-state index contributed by atoms with van der Waals surface area (Å²) < 4.78 is 0. The second-order valence-electron chi connectivity index (χ2n) is 2.66. The van der Waals surface area contributed by atoms with Gasteiger partial charge in [-0.25, -0.2) is 0 Å². The zero-order valence-electron chi connectivity index (χ0n) is 7.28. The predicted octanol–water partition coefficient (Wildman–Crippen LogP) is 2.37. The van der Waals surface area contributed by atoms with Crippen molar-refractivity contribution in [1.82, 2.24) is 4.98 Å². The van der Waals surface area contributed by atoms with E-state index in [0.717, 1.165) is 22.9 Å². The smallest absolute Gasteiger partial charge is 0.0697 e. The van der Waals surface area contributed by atoms with Crippen LogP contribution in [0.15, 0.2) is 24.5 Å². The van der Waals surface area contributed by atoms with E-state index < -0.39 is 0 Å². The second kappa shape index (κ2) is 5.89. The summed E-state index contributed by atoms with van der Waals surface area (Å²) in [6.45, 7) is 0.0487. The normalized spacial score (nSPS) is 10.9. The van der Waals surface area contributed by atoms with Gasteiger partial charge in [0, 0.05) is 17.7 Å². The molecule has 0 atom stereocenters. The van der Waals surface area contributed by atoms with Crippen molar-refractivity contribution < 1.29 is 5.11 Å². The Labute approximate surface area is 86.4 Å². The Morgan fingerprint density at radius 3 is 3.00 bits per heavy atom. The van der Waals surface area contributed by atoms with Gasteiger partial charge >= 0.3 is 0 Å². The summed E-state index contributed by atoms with van der Waals surface area (Å²) in [5.74, 6) is 0. The summed E-state index contributed by atoms with van der Waals surface area (Å²) >= 11 is 3.34. The highest BCUT2D eigenvalue weighted by Crippen LogP contribution is 2.05. The van der Waals surface area contributed by atoms with Crippen LogP contribution in [0.3, 0.4) is 0 Å². The molecule has 70 valence electrons. The number of hydrogen-bond acceptors (Lipinski definition) is 2. The van der Waals surface area contributed by atoms with E-state index in [2.05, 4.69) is 27.0 Å². The Balaban J connectivity index is 2.66. The number of alkyl halides is 1. The number of hydrogen-bond donors (Lipinski definition) is 1. The first-order valence-corrected chi connectivity index (χ1v) is 5.26. The Bertz CT molecular complexity index is 286. The molecule has 1 heterocycles. The lowest BCUT2D eigenvalue weighted by Gasteiger charge is -1.96. The average Bonchev–Trinajstić information content (AvgIpc) is 2.19. The number of rotatable bonds is 4. The first kappa shape index (κ1) is 10.4. The molecule has 13 heavy (non-hydrogen) atoms. The lowest BCUT2D eigenvalue weighted by atomic mass is 10.2. The molecule has 0 aliphatic heterocycles. The molecule has 0 aliphatic carbocycles. The minimum Gasteiger partial charge on any atom is -0.392 e. The first-order valence-electron chi connectivity index (χ1n) is 4.14. The number of allylic oxidation sites excluding steroid dienone is 1. The molecule has 3 heteroatoms. The molecular formula is C10H12BrNO. The average molecular weight is 242 g/mol. The molecule has 1 aromatic rings. The third kappa shape index (κ3) is 3.70. The van der Waals surface area contributed by atoms with E-state index in [0.29, 0.717) is 0 Å². The highest BCUT2D eigenvalue weighted by Gasteiger charge is 1.91. The van der Waals surface area contributed by atoms with Gasteiger partial charge in [0.15, 0.2) is 0 Å². The minimum absolute atomic E-state index is 0.0487. The molecule has 2 nitrogen and oxygen atoms in total. The van der Waals surface area contributed by atoms with Crippen LogP contribution in [-0.4, -0.2) is 15.4 Å². The van der Waals surface area contributed by atoms with E-state index in [1.54, 1.807) is 12.4 Å². The molecule has 0 bridgehead atoms. The molecular weight excluding hydrogens is 230 g/mol. The molecule has 1 aromatic heterocycles. The minimum atomic E-state index is 0.0487.